The lowest BCUT2D eigenvalue weighted by atomic mass is 10.0. The zero-order valence-electron chi connectivity index (χ0n) is 12.5. The Morgan fingerprint density at radius 2 is 1.91 bits per heavy atom. The van der Waals surface area contributed by atoms with Crippen molar-refractivity contribution in [1.82, 2.24) is 10.2 Å². The predicted molar refractivity (Wildman–Crippen MR) is 80.0 cm³/mol. The molecule has 0 bridgehead atoms. The molecule has 6 nitrogen and oxygen atoms in total. The Labute approximate surface area is 129 Å². The predicted octanol–water partition coefficient (Wildman–Crippen LogP) is 1.33. The third-order valence-corrected chi connectivity index (χ3v) is 3.57. The van der Waals surface area contributed by atoms with Crippen LogP contribution < -0.4 is 5.32 Å². The van der Waals surface area contributed by atoms with Gasteiger partial charge in [0, 0.05) is 13.0 Å². The number of benzene rings is 1. The Balaban J connectivity index is 2.09. The Morgan fingerprint density at radius 1 is 1.27 bits per heavy atom. The number of hydrogen-bond donors (Lipinski definition) is 2. The number of carbonyl (C=O) groups is 3. The Morgan fingerprint density at radius 3 is 2.41 bits per heavy atom. The molecule has 1 unspecified atom stereocenters. The first-order valence-corrected chi connectivity index (χ1v) is 7.30. The highest BCUT2D eigenvalue weighted by Crippen LogP contribution is 2.28. The molecule has 22 heavy (non-hydrogen) atoms. The molecule has 2 amide bonds. The maximum atomic E-state index is 12.4. The zero-order valence-corrected chi connectivity index (χ0v) is 12.5. The van der Waals surface area contributed by atoms with E-state index in [1.165, 1.54) is 11.8 Å². The molecule has 118 valence electrons. The van der Waals surface area contributed by atoms with Gasteiger partial charge in [-0.25, -0.2) is 0 Å². The molecule has 0 saturated heterocycles. The summed E-state index contributed by atoms with van der Waals surface area (Å²) in [6.45, 7) is 1.11. The van der Waals surface area contributed by atoms with Crippen molar-refractivity contribution < 1.29 is 19.5 Å². The van der Waals surface area contributed by atoms with Gasteiger partial charge in [0.05, 0.1) is 12.5 Å². The highest BCUT2D eigenvalue weighted by molar-refractivity contribution is 5.83. The van der Waals surface area contributed by atoms with Crippen LogP contribution in [0.15, 0.2) is 30.3 Å². The second-order valence-electron chi connectivity index (χ2n) is 5.51. The van der Waals surface area contributed by atoms with Crippen LogP contribution in [0.5, 0.6) is 0 Å². The lowest BCUT2D eigenvalue weighted by Crippen LogP contribution is -2.40. The molecule has 1 saturated carbocycles. The summed E-state index contributed by atoms with van der Waals surface area (Å²) >= 11 is 0. The summed E-state index contributed by atoms with van der Waals surface area (Å²) in [5.74, 6) is -1.48. The van der Waals surface area contributed by atoms with Gasteiger partial charge in [-0.3, -0.25) is 14.4 Å². The highest BCUT2D eigenvalue weighted by Gasteiger charge is 2.34. The summed E-state index contributed by atoms with van der Waals surface area (Å²) in [4.78, 5) is 36.1. The minimum atomic E-state index is -1.02. The van der Waals surface area contributed by atoms with Gasteiger partial charge in [-0.1, -0.05) is 30.3 Å². The minimum Gasteiger partial charge on any atom is -0.480 e. The summed E-state index contributed by atoms with van der Waals surface area (Å²) in [6, 6.07) is 8.80. The molecule has 0 radical (unpaired) electrons. The first kappa shape index (κ1) is 16.0. The largest absolute Gasteiger partial charge is 0.480 e. The Bertz CT molecular complexity index is 555. The highest BCUT2D eigenvalue weighted by atomic mass is 16.4. The first-order valence-electron chi connectivity index (χ1n) is 7.30. The smallest absolute Gasteiger partial charge is 0.323 e. The monoisotopic (exact) mass is 304 g/mol. The normalized spacial score (nSPS) is 15.0. The summed E-state index contributed by atoms with van der Waals surface area (Å²) in [7, 11) is 0. The van der Waals surface area contributed by atoms with Gasteiger partial charge in [-0.05, 0) is 18.4 Å². The molecule has 0 heterocycles. The van der Waals surface area contributed by atoms with Gasteiger partial charge in [0.25, 0.3) is 0 Å². The first-order chi connectivity index (χ1) is 10.5. The molecule has 0 spiro atoms. The van der Waals surface area contributed by atoms with Gasteiger partial charge < -0.3 is 15.3 Å². The number of amides is 2. The van der Waals surface area contributed by atoms with Crippen LogP contribution in [0, 0.1) is 0 Å². The molecule has 2 N–H and O–H groups in total. The van der Waals surface area contributed by atoms with Crippen LogP contribution >= 0.6 is 0 Å². The van der Waals surface area contributed by atoms with E-state index >= 15 is 0 Å². The van der Waals surface area contributed by atoms with Crippen molar-refractivity contribution in [2.24, 2.45) is 0 Å². The van der Waals surface area contributed by atoms with Gasteiger partial charge >= 0.3 is 5.97 Å². The SMILES string of the molecule is CC(=O)NC(CC(=O)N(CC(=O)O)C1CC1)c1ccccc1. The van der Waals surface area contributed by atoms with Gasteiger partial charge in [0.1, 0.15) is 6.54 Å². The van der Waals surface area contributed by atoms with Gasteiger partial charge in [-0.2, -0.15) is 0 Å². The van der Waals surface area contributed by atoms with Crippen LogP contribution in [0.1, 0.15) is 37.8 Å². The lowest BCUT2D eigenvalue weighted by Gasteiger charge is -2.24. The average molecular weight is 304 g/mol. The van der Waals surface area contributed by atoms with E-state index in [2.05, 4.69) is 5.32 Å². The number of rotatable bonds is 7. The Kier molecular flexibility index (Phi) is 5.14. The van der Waals surface area contributed by atoms with Gasteiger partial charge in [-0.15, -0.1) is 0 Å². The van der Waals surface area contributed by atoms with E-state index < -0.39 is 12.0 Å². The van der Waals surface area contributed by atoms with Crippen LogP contribution in [0.2, 0.25) is 0 Å². The van der Waals surface area contributed by atoms with Crippen LogP contribution in [0.3, 0.4) is 0 Å². The standard InChI is InChI=1S/C16H20N2O4/c1-11(19)17-14(12-5-3-2-4-6-12)9-15(20)18(10-16(21)22)13-7-8-13/h2-6,13-14H,7-10H2,1H3,(H,17,19)(H,21,22). The van der Waals surface area contributed by atoms with E-state index in [9.17, 15) is 14.4 Å². The van der Waals surface area contributed by atoms with Crippen LogP contribution in [0.4, 0.5) is 0 Å². The van der Waals surface area contributed by atoms with Crippen molar-refractivity contribution in [3.8, 4) is 0 Å². The molecule has 1 aromatic carbocycles. The van der Waals surface area contributed by atoms with E-state index in [1.807, 2.05) is 30.3 Å². The van der Waals surface area contributed by atoms with Crippen molar-refractivity contribution in [3.63, 3.8) is 0 Å². The second-order valence-corrected chi connectivity index (χ2v) is 5.51. The number of carboxylic acid groups (broad SMARTS) is 1. The van der Waals surface area contributed by atoms with Crippen LogP contribution in [-0.4, -0.2) is 40.4 Å². The van der Waals surface area contributed by atoms with E-state index in [1.54, 1.807) is 0 Å². The third kappa shape index (κ3) is 4.58. The molecular formula is C16H20N2O4. The topological polar surface area (TPSA) is 86.7 Å². The molecule has 2 rings (SSSR count). The van der Waals surface area contributed by atoms with Crippen molar-refractivity contribution in [1.29, 1.82) is 0 Å². The molecule has 0 aliphatic heterocycles. The van der Waals surface area contributed by atoms with Gasteiger partial charge in [0.15, 0.2) is 0 Å². The van der Waals surface area contributed by atoms with E-state index in [-0.39, 0.29) is 30.8 Å². The number of carbonyl (C=O) groups excluding carboxylic acids is 2. The molecule has 6 heteroatoms. The summed E-state index contributed by atoms with van der Waals surface area (Å²) in [5, 5.41) is 11.7. The number of nitrogens with zero attached hydrogens (tertiary/aromatic N) is 1. The Hall–Kier alpha value is -2.37. The molecule has 1 atom stereocenters. The fourth-order valence-corrected chi connectivity index (χ4v) is 2.43. The number of hydrogen-bond acceptors (Lipinski definition) is 3. The van der Waals surface area contributed by atoms with Crippen molar-refractivity contribution in [3.05, 3.63) is 35.9 Å². The fourth-order valence-electron chi connectivity index (χ4n) is 2.43. The molecule has 1 fully saturated rings. The number of aliphatic carboxylic acids is 1. The molecule has 1 aliphatic rings. The number of nitrogens with one attached hydrogen (secondary N) is 1. The number of carboxylic acids is 1. The average Bonchev–Trinajstić information content (AvgIpc) is 3.28. The maximum absolute atomic E-state index is 12.4. The van der Waals surface area contributed by atoms with Crippen molar-refractivity contribution in [2.75, 3.05) is 6.54 Å². The zero-order chi connectivity index (χ0) is 16.1. The summed E-state index contributed by atoms with van der Waals surface area (Å²) in [5.41, 5.74) is 0.831. The molecule has 1 aliphatic carbocycles. The second kappa shape index (κ2) is 7.06. The van der Waals surface area contributed by atoms with Crippen LogP contribution in [0.25, 0.3) is 0 Å². The molecular weight excluding hydrogens is 284 g/mol. The minimum absolute atomic E-state index is 0.0253. The third-order valence-electron chi connectivity index (χ3n) is 3.57. The van der Waals surface area contributed by atoms with E-state index in [0.717, 1.165) is 18.4 Å². The summed E-state index contributed by atoms with van der Waals surface area (Å²) in [6.07, 6.45) is 1.75. The molecule has 0 aromatic heterocycles. The van der Waals surface area contributed by atoms with E-state index in [4.69, 9.17) is 5.11 Å². The van der Waals surface area contributed by atoms with Crippen LogP contribution in [-0.2, 0) is 14.4 Å². The van der Waals surface area contributed by atoms with E-state index in [0.29, 0.717) is 0 Å². The molecule has 1 aromatic rings. The summed E-state index contributed by atoms with van der Waals surface area (Å²) < 4.78 is 0. The van der Waals surface area contributed by atoms with Gasteiger partial charge in [0.2, 0.25) is 11.8 Å². The van der Waals surface area contributed by atoms with Crippen molar-refractivity contribution in [2.45, 2.75) is 38.3 Å². The van der Waals surface area contributed by atoms with Crippen molar-refractivity contribution >= 4 is 17.8 Å². The lowest BCUT2D eigenvalue weighted by molar-refractivity contribution is -0.145. The quantitative estimate of drug-likeness (QED) is 0.795. The maximum Gasteiger partial charge on any atom is 0.323 e. The fraction of sp³-hybridized carbons (Fsp3) is 0.438.